The van der Waals surface area contributed by atoms with Crippen LogP contribution in [0.15, 0.2) is 42.5 Å². The summed E-state index contributed by atoms with van der Waals surface area (Å²) in [6, 6.07) is 11.7. The molecule has 2 N–H and O–H groups in total. The number of amides is 1. The summed E-state index contributed by atoms with van der Waals surface area (Å²) in [4.78, 5) is 14.7. The van der Waals surface area contributed by atoms with E-state index in [4.69, 9.17) is 9.47 Å². The third-order valence-corrected chi connectivity index (χ3v) is 4.62. The molecule has 28 heavy (non-hydrogen) atoms. The molecule has 1 unspecified atom stereocenters. The minimum atomic E-state index is -0.273. The summed E-state index contributed by atoms with van der Waals surface area (Å²) < 4.78 is 24.1. The molecule has 0 spiro atoms. The third kappa shape index (κ3) is 5.34. The van der Waals surface area contributed by atoms with E-state index >= 15 is 0 Å². The highest BCUT2D eigenvalue weighted by atomic mass is 35.5. The molecule has 0 aromatic heterocycles. The molecule has 2 aromatic carbocycles. The Morgan fingerprint density at radius 2 is 2.07 bits per heavy atom. The van der Waals surface area contributed by atoms with Crippen molar-refractivity contribution in [2.24, 2.45) is 0 Å². The van der Waals surface area contributed by atoms with Gasteiger partial charge < -0.3 is 20.1 Å². The topological polar surface area (TPSA) is 62.8 Å². The van der Waals surface area contributed by atoms with Crippen LogP contribution in [0.5, 0.6) is 11.5 Å². The maximum Gasteiger partial charge on any atom is 0.238 e. The molecule has 1 aliphatic rings. The molecule has 0 aliphatic carbocycles. The highest BCUT2D eigenvalue weighted by molar-refractivity contribution is 5.93. The van der Waals surface area contributed by atoms with Gasteiger partial charge in [-0.05, 0) is 29.8 Å². The summed E-state index contributed by atoms with van der Waals surface area (Å²) in [7, 11) is 3.12. The number of hydrogen-bond acceptors (Lipinski definition) is 5. The monoisotopic (exact) mass is 409 g/mol. The largest absolute Gasteiger partial charge is 0.497 e. The van der Waals surface area contributed by atoms with E-state index < -0.39 is 0 Å². The van der Waals surface area contributed by atoms with Gasteiger partial charge in [-0.1, -0.05) is 12.1 Å². The number of hydrogen-bond donors (Lipinski definition) is 2. The lowest BCUT2D eigenvalue weighted by molar-refractivity contribution is -0.118. The fourth-order valence-corrected chi connectivity index (χ4v) is 3.25. The summed E-state index contributed by atoms with van der Waals surface area (Å²) in [5.41, 5.74) is 1.44. The predicted octanol–water partition coefficient (Wildman–Crippen LogP) is 2.85. The number of carbonyl (C=O) groups excluding carboxylic acids is 1. The smallest absolute Gasteiger partial charge is 0.238 e. The van der Waals surface area contributed by atoms with Crippen molar-refractivity contribution in [2.45, 2.75) is 6.04 Å². The van der Waals surface area contributed by atoms with E-state index in [2.05, 4.69) is 15.5 Å². The SMILES string of the molecule is COc1ccc(NC(=O)CN2CCNCC2c2cccc(F)c2)c(OC)c1.Cl. The zero-order valence-corrected chi connectivity index (χ0v) is 16.7. The molecule has 1 heterocycles. The molecule has 1 saturated heterocycles. The standard InChI is InChI=1S/C20H24FN3O3.ClH/c1-26-16-6-7-17(19(11-16)27-2)23-20(25)13-24-9-8-22-12-18(24)14-4-3-5-15(21)10-14;/h3-7,10-11,18,22H,8-9,12-13H2,1-2H3,(H,23,25);1H. The van der Waals surface area contributed by atoms with Gasteiger partial charge in [-0.2, -0.15) is 0 Å². The minimum Gasteiger partial charge on any atom is -0.497 e. The summed E-state index contributed by atoms with van der Waals surface area (Å²) in [5.74, 6) is 0.759. The number of carbonyl (C=O) groups is 1. The Morgan fingerprint density at radius 1 is 1.25 bits per heavy atom. The van der Waals surface area contributed by atoms with Gasteiger partial charge in [0.2, 0.25) is 5.91 Å². The minimum absolute atomic E-state index is 0. The van der Waals surface area contributed by atoms with Gasteiger partial charge in [-0.3, -0.25) is 9.69 Å². The third-order valence-electron chi connectivity index (χ3n) is 4.62. The average molecular weight is 410 g/mol. The summed E-state index contributed by atoms with van der Waals surface area (Å²) in [6.07, 6.45) is 0. The number of ether oxygens (including phenoxy) is 2. The molecule has 2 aromatic rings. The van der Waals surface area contributed by atoms with Crippen LogP contribution in [-0.4, -0.2) is 51.2 Å². The zero-order chi connectivity index (χ0) is 19.2. The Morgan fingerprint density at radius 3 is 2.79 bits per heavy atom. The van der Waals surface area contributed by atoms with Gasteiger partial charge in [-0.25, -0.2) is 4.39 Å². The second-order valence-corrected chi connectivity index (χ2v) is 6.36. The van der Waals surface area contributed by atoms with Crippen molar-refractivity contribution in [3.8, 4) is 11.5 Å². The first-order valence-electron chi connectivity index (χ1n) is 8.83. The fraction of sp³-hybridized carbons (Fsp3) is 0.350. The van der Waals surface area contributed by atoms with E-state index in [1.807, 2.05) is 6.07 Å². The highest BCUT2D eigenvalue weighted by Gasteiger charge is 2.26. The number of halogens is 2. The average Bonchev–Trinajstić information content (AvgIpc) is 2.68. The van der Waals surface area contributed by atoms with E-state index in [-0.39, 0.29) is 36.7 Å². The van der Waals surface area contributed by atoms with E-state index in [0.29, 0.717) is 30.3 Å². The number of rotatable bonds is 6. The summed E-state index contributed by atoms with van der Waals surface area (Å²) in [5, 5.41) is 6.19. The van der Waals surface area contributed by atoms with Gasteiger partial charge in [0.1, 0.15) is 17.3 Å². The zero-order valence-electron chi connectivity index (χ0n) is 15.9. The molecule has 6 nitrogen and oxygen atoms in total. The van der Waals surface area contributed by atoms with Crippen LogP contribution in [0.3, 0.4) is 0 Å². The molecule has 1 amide bonds. The number of piperazine rings is 1. The van der Waals surface area contributed by atoms with Crippen molar-refractivity contribution in [1.82, 2.24) is 10.2 Å². The predicted molar refractivity (Wildman–Crippen MR) is 109 cm³/mol. The first kappa shape index (κ1) is 21.9. The number of anilines is 1. The second kappa shape index (κ2) is 10.3. The quantitative estimate of drug-likeness (QED) is 0.768. The van der Waals surface area contributed by atoms with Crippen LogP contribution < -0.4 is 20.1 Å². The molecule has 152 valence electrons. The van der Waals surface area contributed by atoms with Crippen molar-refractivity contribution < 1.29 is 18.7 Å². The van der Waals surface area contributed by atoms with Crippen molar-refractivity contribution >= 4 is 24.0 Å². The Kier molecular flexibility index (Phi) is 8.04. The molecule has 3 rings (SSSR count). The Balaban J connectivity index is 0.00000280. The van der Waals surface area contributed by atoms with Gasteiger partial charge in [0.15, 0.2) is 0 Å². The van der Waals surface area contributed by atoms with Crippen molar-refractivity contribution in [2.75, 3.05) is 45.7 Å². The first-order chi connectivity index (χ1) is 13.1. The van der Waals surface area contributed by atoms with E-state index in [9.17, 15) is 9.18 Å². The lowest BCUT2D eigenvalue weighted by Gasteiger charge is -2.36. The van der Waals surface area contributed by atoms with Gasteiger partial charge in [0.25, 0.3) is 0 Å². The number of nitrogens with zero attached hydrogens (tertiary/aromatic N) is 1. The van der Waals surface area contributed by atoms with Crippen LogP contribution in [0, 0.1) is 5.82 Å². The maximum atomic E-state index is 13.6. The molecule has 0 bridgehead atoms. The number of nitrogens with one attached hydrogen (secondary N) is 2. The summed E-state index contributed by atoms with van der Waals surface area (Å²) in [6.45, 7) is 2.36. The molecular formula is C20H25ClFN3O3. The van der Waals surface area contributed by atoms with Crippen LogP contribution in [0.25, 0.3) is 0 Å². The van der Waals surface area contributed by atoms with E-state index in [1.165, 1.54) is 12.1 Å². The number of methoxy groups -OCH3 is 2. The molecular weight excluding hydrogens is 385 g/mol. The molecule has 1 aliphatic heterocycles. The van der Waals surface area contributed by atoms with Crippen LogP contribution in [0.2, 0.25) is 0 Å². The van der Waals surface area contributed by atoms with Crippen LogP contribution >= 0.6 is 12.4 Å². The highest BCUT2D eigenvalue weighted by Crippen LogP contribution is 2.29. The van der Waals surface area contributed by atoms with Crippen molar-refractivity contribution in [3.05, 3.63) is 53.8 Å². The second-order valence-electron chi connectivity index (χ2n) is 6.36. The Bertz CT molecular complexity index is 806. The van der Waals surface area contributed by atoms with E-state index in [0.717, 1.165) is 12.1 Å². The maximum absolute atomic E-state index is 13.6. The molecule has 8 heteroatoms. The first-order valence-corrected chi connectivity index (χ1v) is 8.83. The summed E-state index contributed by atoms with van der Waals surface area (Å²) >= 11 is 0. The number of benzene rings is 2. The molecule has 1 fully saturated rings. The van der Waals surface area contributed by atoms with Crippen LogP contribution in [-0.2, 0) is 4.79 Å². The van der Waals surface area contributed by atoms with Crippen LogP contribution in [0.1, 0.15) is 11.6 Å². The lowest BCUT2D eigenvalue weighted by atomic mass is 10.0. The van der Waals surface area contributed by atoms with Crippen molar-refractivity contribution in [1.29, 1.82) is 0 Å². The molecule has 0 radical (unpaired) electrons. The lowest BCUT2D eigenvalue weighted by Crippen LogP contribution is -2.48. The van der Waals surface area contributed by atoms with Gasteiger partial charge in [0, 0.05) is 31.7 Å². The fourth-order valence-electron chi connectivity index (χ4n) is 3.25. The Labute approximate surface area is 170 Å². The molecule has 0 saturated carbocycles. The van der Waals surface area contributed by atoms with Crippen molar-refractivity contribution in [3.63, 3.8) is 0 Å². The normalized spacial score (nSPS) is 16.8. The van der Waals surface area contributed by atoms with Gasteiger partial charge in [-0.15, -0.1) is 12.4 Å². The van der Waals surface area contributed by atoms with E-state index in [1.54, 1.807) is 38.5 Å². The van der Waals surface area contributed by atoms with Gasteiger partial charge >= 0.3 is 0 Å². The van der Waals surface area contributed by atoms with Gasteiger partial charge in [0.05, 0.1) is 26.5 Å². The van der Waals surface area contributed by atoms with Crippen LogP contribution in [0.4, 0.5) is 10.1 Å². The molecule has 1 atom stereocenters. The Hall–Kier alpha value is -2.35.